The molecule has 3 aliphatic heterocycles. The van der Waals surface area contributed by atoms with Gasteiger partial charge in [-0.3, -0.25) is 29.4 Å². The molecule has 0 aliphatic carbocycles. The molecular weight excluding hydrogens is 857 g/mol. The van der Waals surface area contributed by atoms with Crippen molar-refractivity contribution in [3.05, 3.63) is 201 Å². The van der Waals surface area contributed by atoms with Gasteiger partial charge in [-0.25, -0.2) is 9.69 Å². The van der Waals surface area contributed by atoms with Crippen molar-refractivity contribution in [3.63, 3.8) is 0 Å². The number of anilines is 1. The second-order valence-electron chi connectivity index (χ2n) is 16.1. The van der Waals surface area contributed by atoms with Crippen LogP contribution in [0.2, 0.25) is 0 Å². The van der Waals surface area contributed by atoms with Crippen LogP contribution in [0.25, 0.3) is 0 Å². The number of carbonyl (C=O) groups is 4. The Labute approximate surface area is 384 Å². The molecule has 0 unspecified atom stereocenters. The Bertz CT molecular complexity index is 2920. The molecule has 15 nitrogen and oxygen atoms in total. The summed E-state index contributed by atoms with van der Waals surface area (Å²) >= 11 is 0. The first kappa shape index (κ1) is 43.9. The standard InChI is InChI=1S/C52H42N4O11/c1-64-39-23-16-32(17-24-39)12-13-33-18-27-42-41(30-33)52(50(60)54(42)51(61)66-31-34-14-21-38(22-15-34)56(62)63)43(48(53)58)45-49(59)67-46(36-10-6-3-7-11-36)44(35-8-4-2-5-9-35)55(45)47(52)37-19-25-40(26-20-37)65-29-28-57/h2-11,14-27,30,43-47,57H,28-29,31H2,1H3,(H2,53,58)/t43-,44-,45-,46+,47+,52-/m0/s1. The highest BCUT2D eigenvalue weighted by molar-refractivity contribution is 6.23. The zero-order valence-corrected chi connectivity index (χ0v) is 35.9. The van der Waals surface area contributed by atoms with Crippen molar-refractivity contribution < 1.29 is 48.2 Å². The van der Waals surface area contributed by atoms with Gasteiger partial charge in [-0.05, 0) is 94.5 Å². The van der Waals surface area contributed by atoms with Gasteiger partial charge in [0.25, 0.3) is 5.69 Å². The van der Waals surface area contributed by atoms with E-state index in [0.29, 0.717) is 44.9 Å². The monoisotopic (exact) mass is 898 g/mol. The average molecular weight is 899 g/mol. The number of primary amides is 1. The normalized spacial score (nSPS) is 21.6. The summed E-state index contributed by atoms with van der Waals surface area (Å²) in [6, 6.07) is 39.0. The number of nitrogens with zero attached hydrogens (tertiary/aromatic N) is 3. The maximum Gasteiger partial charge on any atom is 0.421 e. The van der Waals surface area contributed by atoms with Gasteiger partial charge in [-0.2, -0.15) is 0 Å². The van der Waals surface area contributed by atoms with Crippen LogP contribution in [0.5, 0.6) is 11.5 Å². The quantitative estimate of drug-likeness (QED) is 0.0593. The number of non-ortho nitro benzene ring substituents is 1. The fourth-order valence-corrected chi connectivity index (χ4v) is 9.65. The lowest BCUT2D eigenvalue weighted by Gasteiger charge is -2.46. The molecule has 3 aliphatic rings. The largest absolute Gasteiger partial charge is 0.497 e. The number of fused-ring (bicyclic) bond motifs is 3. The van der Waals surface area contributed by atoms with Crippen LogP contribution < -0.4 is 20.1 Å². The molecule has 6 aromatic rings. The molecule has 3 amide bonds. The average Bonchev–Trinajstić information content (AvgIpc) is 3.81. The summed E-state index contributed by atoms with van der Waals surface area (Å²) in [5.74, 6) is 3.00. The third kappa shape index (κ3) is 7.88. The number of nitrogens with two attached hydrogens (primary N) is 1. The van der Waals surface area contributed by atoms with E-state index in [-0.39, 0.29) is 36.8 Å². The summed E-state index contributed by atoms with van der Waals surface area (Å²) in [6.45, 7) is -0.604. The zero-order chi connectivity index (χ0) is 46.8. The van der Waals surface area contributed by atoms with E-state index in [1.807, 2.05) is 65.6 Å². The number of aliphatic hydroxyl groups is 1. The van der Waals surface area contributed by atoms with Crippen molar-refractivity contribution >= 4 is 35.3 Å². The Hall–Kier alpha value is -8.32. The SMILES string of the molecule is COc1ccc(C#Cc2ccc3c(c2)[C@]2(C(=O)N3C(=O)OCc3ccc([N+](=O)[O-])cc3)[C@H](C(N)=O)[C@H]3C(=O)O[C@H](c4ccccc4)[C@H](c4ccccc4)N3[C@@H]2c2ccc(OCCO)cc2)cc1. The molecule has 0 saturated carbocycles. The molecule has 1 spiro atoms. The first-order valence-corrected chi connectivity index (χ1v) is 21.3. The first-order valence-electron chi connectivity index (χ1n) is 21.3. The van der Waals surface area contributed by atoms with Crippen molar-refractivity contribution in [2.45, 2.75) is 36.3 Å². The number of nitro benzene ring substituents is 1. The Kier molecular flexibility index (Phi) is 12.0. The second kappa shape index (κ2) is 18.3. The van der Waals surface area contributed by atoms with Crippen LogP contribution in [-0.2, 0) is 35.9 Å². The van der Waals surface area contributed by atoms with E-state index in [4.69, 9.17) is 24.7 Å². The Morgan fingerprint density at radius 1 is 0.791 bits per heavy atom. The summed E-state index contributed by atoms with van der Waals surface area (Å²) in [7, 11) is 1.56. The molecular formula is C52H42N4O11. The van der Waals surface area contributed by atoms with Crippen LogP contribution in [0.4, 0.5) is 16.2 Å². The molecule has 15 heteroatoms. The van der Waals surface area contributed by atoms with Crippen LogP contribution in [0.15, 0.2) is 152 Å². The molecule has 0 aromatic heterocycles. The molecule has 67 heavy (non-hydrogen) atoms. The van der Waals surface area contributed by atoms with Crippen LogP contribution >= 0.6 is 0 Å². The van der Waals surface area contributed by atoms with Crippen LogP contribution in [0, 0.1) is 27.9 Å². The highest BCUT2D eigenvalue weighted by atomic mass is 16.6. The van der Waals surface area contributed by atoms with Gasteiger partial charge in [0, 0.05) is 23.3 Å². The second-order valence-corrected chi connectivity index (χ2v) is 16.1. The molecule has 336 valence electrons. The maximum atomic E-state index is 16.1. The van der Waals surface area contributed by atoms with E-state index < -0.39 is 64.4 Å². The van der Waals surface area contributed by atoms with E-state index in [2.05, 4.69) is 11.8 Å². The van der Waals surface area contributed by atoms with Crippen LogP contribution in [0.1, 0.15) is 57.1 Å². The fraction of sp³-hybridized carbons (Fsp3) is 0.192. The summed E-state index contributed by atoms with van der Waals surface area (Å²) in [5, 5.41) is 20.9. The minimum absolute atomic E-state index is 0.00842. The van der Waals surface area contributed by atoms with Gasteiger partial charge in [0.05, 0.1) is 42.3 Å². The minimum atomic E-state index is -2.12. The summed E-state index contributed by atoms with van der Waals surface area (Å²) in [4.78, 5) is 73.7. The van der Waals surface area contributed by atoms with E-state index in [9.17, 15) is 29.6 Å². The molecule has 0 radical (unpaired) electrons. The number of hydrogen-bond acceptors (Lipinski definition) is 12. The Morgan fingerprint density at radius 3 is 2.04 bits per heavy atom. The highest BCUT2D eigenvalue weighted by Gasteiger charge is 2.75. The molecule has 2 saturated heterocycles. The third-order valence-electron chi connectivity index (χ3n) is 12.5. The topological polar surface area (TPSA) is 201 Å². The van der Waals surface area contributed by atoms with E-state index in [1.165, 1.54) is 24.3 Å². The Morgan fingerprint density at radius 2 is 1.42 bits per heavy atom. The number of nitro groups is 1. The molecule has 0 bridgehead atoms. The number of rotatable bonds is 11. The number of esters is 1. The van der Waals surface area contributed by atoms with Crippen molar-refractivity contribution in [2.75, 3.05) is 25.2 Å². The fourth-order valence-electron chi connectivity index (χ4n) is 9.65. The maximum absolute atomic E-state index is 16.1. The van der Waals surface area contributed by atoms with E-state index >= 15 is 4.79 Å². The molecule has 3 heterocycles. The predicted molar refractivity (Wildman–Crippen MR) is 242 cm³/mol. The van der Waals surface area contributed by atoms with Gasteiger partial charge in [-0.15, -0.1) is 0 Å². The van der Waals surface area contributed by atoms with Crippen LogP contribution in [0.3, 0.4) is 0 Å². The third-order valence-corrected chi connectivity index (χ3v) is 12.5. The smallest absolute Gasteiger partial charge is 0.421 e. The number of morpholine rings is 1. The zero-order valence-electron chi connectivity index (χ0n) is 35.9. The molecule has 2 fully saturated rings. The number of ether oxygens (including phenoxy) is 4. The van der Waals surface area contributed by atoms with Gasteiger partial charge >= 0.3 is 12.1 Å². The minimum Gasteiger partial charge on any atom is -0.497 e. The van der Waals surface area contributed by atoms with Gasteiger partial charge in [0.15, 0.2) is 0 Å². The van der Waals surface area contributed by atoms with Crippen molar-refractivity contribution in [3.8, 4) is 23.3 Å². The molecule has 6 aromatic carbocycles. The highest BCUT2D eigenvalue weighted by Crippen LogP contribution is 2.65. The van der Waals surface area contributed by atoms with Crippen molar-refractivity contribution in [2.24, 2.45) is 11.7 Å². The Balaban J connectivity index is 1.28. The van der Waals surface area contributed by atoms with Gasteiger partial charge in [0.2, 0.25) is 11.8 Å². The number of amides is 3. The number of benzene rings is 6. The van der Waals surface area contributed by atoms with Crippen LogP contribution in [-0.4, -0.2) is 65.2 Å². The predicted octanol–water partition coefficient (Wildman–Crippen LogP) is 6.86. The number of carbonyl (C=O) groups excluding carboxylic acids is 4. The first-order chi connectivity index (χ1) is 32.5. The number of hydrogen-bond donors (Lipinski definition) is 2. The van der Waals surface area contributed by atoms with Crippen molar-refractivity contribution in [1.82, 2.24) is 4.90 Å². The summed E-state index contributed by atoms with van der Waals surface area (Å²) in [5.41, 5.74) is 7.72. The van der Waals surface area contributed by atoms with E-state index in [1.54, 1.807) is 73.8 Å². The molecule has 3 N–H and O–H groups in total. The number of aliphatic hydroxyl groups excluding tert-OH is 1. The summed E-state index contributed by atoms with van der Waals surface area (Å²) < 4.78 is 23.2. The van der Waals surface area contributed by atoms with Gasteiger partial charge < -0.3 is 29.8 Å². The summed E-state index contributed by atoms with van der Waals surface area (Å²) in [6.07, 6.45) is -2.06. The lowest BCUT2D eigenvalue weighted by molar-refractivity contribution is -0.384. The van der Waals surface area contributed by atoms with Crippen molar-refractivity contribution in [1.29, 1.82) is 0 Å². The van der Waals surface area contributed by atoms with Gasteiger partial charge in [-0.1, -0.05) is 84.6 Å². The number of imide groups is 1. The molecule has 6 atom stereocenters. The van der Waals surface area contributed by atoms with E-state index in [0.717, 1.165) is 4.90 Å². The number of cyclic esters (lactones) is 1. The number of methoxy groups -OCH3 is 1. The lowest BCUT2D eigenvalue weighted by atomic mass is 9.65. The lowest BCUT2D eigenvalue weighted by Crippen LogP contribution is -2.55. The molecule has 9 rings (SSSR count). The van der Waals surface area contributed by atoms with Gasteiger partial charge in [0.1, 0.15) is 42.3 Å².